The van der Waals surface area contributed by atoms with Gasteiger partial charge in [-0.15, -0.1) is 0 Å². The molecule has 0 aromatic carbocycles. The summed E-state index contributed by atoms with van der Waals surface area (Å²) in [7, 11) is 2.06. The number of rotatable bonds is 4. The van der Waals surface area contributed by atoms with Crippen molar-refractivity contribution in [3.63, 3.8) is 0 Å². The van der Waals surface area contributed by atoms with Crippen molar-refractivity contribution in [3.8, 4) is 0 Å². The lowest BCUT2D eigenvalue weighted by atomic mass is 9.78. The molecule has 2 atom stereocenters. The topological polar surface area (TPSA) is 21.3 Å². The summed E-state index contributed by atoms with van der Waals surface area (Å²) in [5, 5.41) is 3.29. The molecule has 3 heteroatoms. The van der Waals surface area contributed by atoms with Crippen LogP contribution in [0.5, 0.6) is 0 Å². The van der Waals surface area contributed by atoms with Crippen molar-refractivity contribution in [2.45, 2.75) is 44.6 Å². The second-order valence-corrected chi connectivity index (χ2v) is 7.13. The zero-order chi connectivity index (χ0) is 12.1. The van der Waals surface area contributed by atoms with E-state index in [4.69, 9.17) is 4.74 Å². The van der Waals surface area contributed by atoms with Crippen molar-refractivity contribution < 1.29 is 4.74 Å². The third-order valence-electron chi connectivity index (χ3n) is 4.29. The maximum absolute atomic E-state index is 6.15. The van der Waals surface area contributed by atoms with Crippen LogP contribution in [0.3, 0.4) is 0 Å². The Morgan fingerprint density at radius 2 is 2.18 bits per heavy atom. The molecule has 0 saturated carbocycles. The first-order valence-corrected chi connectivity index (χ1v) is 8.26. The van der Waals surface area contributed by atoms with E-state index in [0.717, 1.165) is 25.0 Å². The smallest absolute Gasteiger partial charge is 0.0700 e. The maximum Gasteiger partial charge on any atom is 0.0700 e. The molecule has 0 aromatic heterocycles. The van der Waals surface area contributed by atoms with Crippen LogP contribution in [-0.2, 0) is 4.74 Å². The molecule has 2 aliphatic rings. The van der Waals surface area contributed by atoms with Crippen LogP contribution in [0.1, 0.15) is 39.0 Å². The molecular formula is C14H27NOS. The van der Waals surface area contributed by atoms with Crippen LogP contribution < -0.4 is 5.32 Å². The van der Waals surface area contributed by atoms with E-state index in [1.165, 1.54) is 43.6 Å². The fourth-order valence-corrected chi connectivity index (χ4v) is 4.66. The molecule has 2 nitrogen and oxygen atoms in total. The van der Waals surface area contributed by atoms with E-state index in [9.17, 15) is 0 Å². The molecule has 2 unspecified atom stereocenters. The second kappa shape index (κ2) is 6.44. The standard InChI is InChI=1S/C14H27NOS/c1-12(11-15-2)9-13-3-6-16-14(10-13)4-7-17-8-5-14/h12-13,15H,3-11H2,1-2H3. The summed E-state index contributed by atoms with van der Waals surface area (Å²) >= 11 is 2.10. The zero-order valence-electron chi connectivity index (χ0n) is 11.3. The van der Waals surface area contributed by atoms with Gasteiger partial charge in [0.2, 0.25) is 0 Å². The highest BCUT2D eigenvalue weighted by molar-refractivity contribution is 7.99. The van der Waals surface area contributed by atoms with E-state index < -0.39 is 0 Å². The SMILES string of the molecule is CNCC(C)CC1CCOC2(CCSCC2)C1. The molecule has 17 heavy (non-hydrogen) atoms. The van der Waals surface area contributed by atoms with Gasteiger partial charge in [-0.05, 0) is 69.0 Å². The average Bonchev–Trinajstić information content (AvgIpc) is 2.30. The van der Waals surface area contributed by atoms with Gasteiger partial charge < -0.3 is 10.1 Å². The van der Waals surface area contributed by atoms with Crippen LogP contribution >= 0.6 is 11.8 Å². The first-order valence-electron chi connectivity index (χ1n) is 7.10. The van der Waals surface area contributed by atoms with E-state index in [1.807, 2.05) is 0 Å². The van der Waals surface area contributed by atoms with E-state index in [2.05, 4.69) is 31.1 Å². The van der Waals surface area contributed by atoms with Gasteiger partial charge in [0.1, 0.15) is 0 Å². The quantitative estimate of drug-likeness (QED) is 0.837. The first-order chi connectivity index (χ1) is 8.24. The Labute approximate surface area is 110 Å². The summed E-state index contributed by atoms with van der Waals surface area (Å²) in [4.78, 5) is 0. The zero-order valence-corrected chi connectivity index (χ0v) is 12.2. The van der Waals surface area contributed by atoms with Crippen molar-refractivity contribution in [2.75, 3.05) is 31.7 Å². The maximum atomic E-state index is 6.15. The number of nitrogens with one attached hydrogen (secondary N) is 1. The lowest BCUT2D eigenvalue weighted by Gasteiger charge is -2.44. The Hall–Kier alpha value is 0.270. The molecule has 100 valence electrons. The van der Waals surface area contributed by atoms with Crippen molar-refractivity contribution in [3.05, 3.63) is 0 Å². The number of ether oxygens (including phenoxy) is 1. The summed E-state index contributed by atoms with van der Waals surface area (Å²) in [6, 6.07) is 0. The van der Waals surface area contributed by atoms with Gasteiger partial charge in [-0.25, -0.2) is 0 Å². The summed E-state index contributed by atoms with van der Waals surface area (Å²) in [6.07, 6.45) is 6.55. The monoisotopic (exact) mass is 257 g/mol. The normalized spacial score (nSPS) is 30.4. The molecule has 2 aliphatic heterocycles. The van der Waals surface area contributed by atoms with Crippen molar-refractivity contribution >= 4 is 11.8 Å². The van der Waals surface area contributed by atoms with Crippen LogP contribution in [0, 0.1) is 11.8 Å². The van der Waals surface area contributed by atoms with E-state index in [0.29, 0.717) is 0 Å². The average molecular weight is 257 g/mol. The fraction of sp³-hybridized carbons (Fsp3) is 1.00. The Kier molecular flexibility index (Phi) is 5.19. The number of thioether (sulfide) groups is 1. The molecule has 0 amide bonds. The summed E-state index contributed by atoms with van der Waals surface area (Å²) in [5.41, 5.74) is 0.271. The van der Waals surface area contributed by atoms with Crippen LogP contribution in [0.15, 0.2) is 0 Å². The van der Waals surface area contributed by atoms with Crippen molar-refractivity contribution in [1.82, 2.24) is 5.32 Å². The van der Waals surface area contributed by atoms with Gasteiger partial charge in [0.15, 0.2) is 0 Å². The van der Waals surface area contributed by atoms with E-state index >= 15 is 0 Å². The Morgan fingerprint density at radius 1 is 1.41 bits per heavy atom. The second-order valence-electron chi connectivity index (χ2n) is 5.90. The van der Waals surface area contributed by atoms with Gasteiger partial charge >= 0.3 is 0 Å². The van der Waals surface area contributed by atoms with Crippen LogP contribution in [0.25, 0.3) is 0 Å². The molecule has 1 spiro atoms. The van der Waals surface area contributed by atoms with Crippen LogP contribution in [0.2, 0.25) is 0 Å². The van der Waals surface area contributed by atoms with Gasteiger partial charge in [-0.3, -0.25) is 0 Å². The van der Waals surface area contributed by atoms with E-state index in [-0.39, 0.29) is 5.60 Å². The molecule has 2 heterocycles. The van der Waals surface area contributed by atoms with Crippen LogP contribution in [0.4, 0.5) is 0 Å². The highest BCUT2D eigenvalue weighted by Gasteiger charge is 2.38. The minimum absolute atomic E-state index is 0.271. The molecule has 2 fully saturated rings. The fourth-order valence-electron chi connectivity index (χ4n) is 3.42. The lowest BCUT2D eigenvalue weighted by molar-refractivity contribution is -0.104. The van der Waals surface area contributed by atoms with Crippen LogP contribution in [-0.4, -0.2) is 37.3 Å². The predicted molar refractivity (Wildman–Crippen MR) is 75.7 cm³/mol. The minimum Gasteiger partial charge on any atom is -0.375 e. The number of hydrogen-bond acceptors (Lipinski definition) is 3. The summed E-state index contributed by atoms with van der Waals surface area (Å²) in [6.45, 7) is 4.52. The lowest BCUT2D eigenvalue weighted by Crippen LogP contribution is -2.43. The first kappa shape index (κ1) is 13.7. The Balaban J connectivity index is 1.83. The minimum atomic E-state index is 0.271. The van der Waals surface area contributed by atoms with Gasteiger partial charge in [0.25, 0.3) is 0 Å². The summed E-state index contributed by atoms with van der Waals surface area (Å²) in [5.74, 6) is 4.31. The van der Waals surface area contributed by atoms with Gasteiger partial charge in [-0.2, -0.15) is 11.8 Å². The molecule has 0 radical (unpaired) electrons. The Morgan fingerprint density at radius 3 is 2.88 bits per heavy atom. The van der Waals surface area contributed by atoms with Crippen molar-refractivity contribution in [1.29, 1.82) is 0 Å². The molecule has 0 aromatic rings. The highest BCUT2D eigenvalue weighted by Crippen LogP contribution is 2.41. The highest BCUT2D eigenvalue weighted by atomic mass is 32.2. The molecule has 1 N–H and O–H groups in total. The third-order valence-corrected chi connectivity index (χ3v) is 5.27. The predicted octanol–water partition coefficient (Wildman–Crippen LogP) is 2.92. The molecule has 2 saturated heterocycles. The van der Waals surface area contributed by atoms with Crippen molar-refractivity contribution in [2.24, 2.45) is 11.8 Å². The third kappa shape index (κ3) is 3.87. The Bertz CT molecular complexity index is 223. The van der Waals surface area contributed by atoms with Gasteiger partial charge in [0, 0.05) is 6.61 Å². The van der Waals surface area contributed by atoms with E-state index in [1.54, 1.807) is 0 Å². The molecule has 2 rings (SSSR count). The van der Waals surface area contributed by atoms with Gasteiger partial charge in [0.05, 0.1) is 5.60 Å². The van der Waals surface area contributed by atoms with Gasteiger partial charge in [-0.1, -0.05) is 6.92 Å². The molecular weight excluding hydrogens is 230 g/mol. The molecule has 0 bridgehead atoms. The largest absolute Gasteiger partial charge is 0.375 e. The number of hydrogen-bond donors (Lipinski definition) is 1. The summed E-state index contributed by atoms with van der Waals surface area (Å²) < 4.78 is 6.15. The molecule has 0 aliphatic carbocycles.